The largest absolute Gasteiger partial charge is 0.484 e. The van der Waals surface area contributed by atoms with Gasteiger partial charge in [-0.3, -0.25) is 9.59 Å². The van der Waals surface area contributed by atoms with Gasteiger partial charge >= 0.3 is 0 Å². The van der Waals surface area contributed by atoms with E-state index in [2.05, 4.69) is 5.32 Å². The zero-order chi connectivity index (χ0) is 20.9. The van der Waals surface area contributed by atoms with Crippen LogP contribution in [0.4, 0.5) is 11.4 Å². The number of nitrogens with zero attached hydrogens (tertiary/aromatic N) is 1. The van der Waals surface area contributed by atoms with Crippen LogP contribution in [0.25, 0.3) is 0 Å². The van der Waals surface area contributed by atoms with E-state index in [0.29, 0.717) is 34.4 Å². The predicted molar refractivity (Wildman–Crippen MR) is 115 cm³/mol. The van der Waals surface area contributed by atoms with E-state index in [-0.39, 0.29) is 25.0 Å². The minimum atomic E-state index is -0.307. The first kappa shape index (κ1) is 19.8. The lowest BCUT2D eigenvalue weighted by Gasteiger charge is -2.29. The van der Waals surface area contributed by atoms with Crippen LogP contribution in [-0.2, 0) is 16.1 Å². The molecule has 0 aliphatic carbocycles. The monoisotopic (exact) mass is 422 g/mol. The molecule has 30 heavy (non-hydrogen) atoms. The normalized spacial score (nSPS) is 12.7. The molecule has 1 N–H and O–H groups in total. The predicted octanol–water partition coefficient (Wildman–Crippen LogP) is 4.28. The number of amides is 2. The van der Waals surface area contributed by atoms with Gasteiger partial charge in [0.05, 0.1) is 12.2 Å². The van der Waals surface area contributed by atoms with Gasteiger partial charge < -0.3 is 19.7 Å². The van der Waals surface area contributed by atoms with Crippen molar-refractivity contribution in [2.24, 2.45) is 0 Å². The molecule has 0 aromatic heterocycles. The van der Waals surface area contributed by atoms with Crippen molar-refractivity contribution >= 4 is 34.8 Å². The molecule has 2 amide bonds. The molecule has 0 radical (unpaired) electrons. The number of anilines is 2. The van der Waals surface area contributed by atoms with Gasteiger partial charge in [-0.25, -0.2) is 0 Å². The van der Waals surface area contributed by atoms with Crippen LogP contribution in [0.15, 0.2) is 72.8 Å². The van der Waals surface area contributed by atoms with Gasteiger partial charge in [0.2, 0.25) is 0 Å². The second kappa shape index (κ2) is 8.88. The van der Waals surface area contributed by atoms with Crippen molar-refractivity contribution < 1.29 is 19.1 Å². The van der Waals surface area contributed by atoms with E-state index in [1.54, 1.807) is 47.4 Å². The number of hydrogen-bond donors (Lipinski definition) is 1. The molecule has 3 aromatic rings. The van der Waals surface area contributed by atoms with Gasteiger partial charge in [0.15, 0.2) is 13.2 Å². The van der Waals surface area contributed by atoms with E-state index in [4.69, 9.17) is 21.1 Å². The van der Waals surface area contributed by atoms with Crippen molar-refractivity contribution in [3.8, 4) is 11.5 Å². The lowest BCUT2D eigenvalue weighted by Crippen LogP contribution is -2.38. The van der Waals surface area contributed by atoms with Crippen LogP contribution in [0, 0.1) is 0 Å². The van der Waals surface area contributed by atoms with Crippen LogP contribution in [-0.4, -0.2) is 25.0 Å². The minimum Gasteiger partial charge on any atom is -0.484 e. The van der Waals surface area contributed by atoms with Crippen LogP contribution in [0.3, 0.4) is 0 Å². The fourth-order valence-corrected chi connectivity index (χ4v) is 3.22. The van der Waals surface area contributed by atoms with E-state index in [0.717, 1.165) is 5.56 Å². The first-order valence-electron chi connectivity index (χ1n) is 9.38. The summed E-state index contributed by atoms with van der Waals surface area (Å²) in [5.41, 5.74) is 2.26. The molecule has 0 atom stereocenters. The highest BCUT2D eigenvalue weighted by molar-refractivity contribution is 6.30. The summed E-state index contributed by atoms with van der Waals surface area (Å²) in [6.07, 6.45) is 0. The molecule has 1 heterocycles. The number of hydrogen-bond acceptors (Lipinski definition) is 4. The van der Waals surface area contributed by atoms with Crippen molar-refractivity contribution in [3.63, 3.8) is 0 Å². The second-order valence-electron chi connectivity index (χ2n) is 6.73. The van der Waals surface area contributed by atoms with E-state index in [9.17, 15) is 9.59 Å². The molecule has 0 saturated heterocycles. The standard InChI is InChI=1S/C23H19ClN2O4/c24-17-6-9-19(10-7-17)29-14-22(27)25-18-8-11-20-21(12-18)30-15-23(28)26(20)13-16-4-2-1-3-5-16/h1-12H,13-15H2,(H,25,27). The lowest BCUT2D eigenvalue weighted by molar-refractivity contribution is -0.121. The molecule has 0 fully saturated rings. The summed E-state index contributed by atoms with van der Waals surface area (Å²) in [6, 6.07) is 21.7. The third-order valence-electron chi connectivity index (χ3n) is 4.55. The highest BCUT2D eigenvalue weighted by atomic mass is 35.5. The summed E-state index contributed by atoms with van der Waals surface area (Å²) in [7, 11) is 0. The molecule has 4 rings (SSSR count). The summed E-state index contributed by atoms with van der Waals surface area (Å²) in [4.78, 5) is 26.3. The van der Waals surface area contributed by atoms with Gasteiger partial charge in [-0.1, -0.05) is 41.9 Å². The average Bonchev–Trinajstić information content (AvgIpc) is 2.76. The fraction of sp³-hybridized carbons (Fsp3) is 0.130. The quantitative estimate of drug-likeness (QED) is 0.643. The number of nitrogens with one attached hydrogen (secondary N) is 1. The number of benzene rings is 3. The number of fused-ring (bicyclic) bond motifs is 1. The van der Waals surface area contributed by atoms with Crippen LogP contribution in [0.1, 0.15) is 5.56 Å². The molecule has 1 aliphatic heterocycles. The third kappa shape index (κ3) is 4.72. The fourth-order valence-electron chi connectivity index (χ4n) is 3.10. The topological polar surface area (TPSA) is 67.9 Å². The maximum atomic E-state index is 12.4. The molecule has 0 bridgehead atoms. The summed E-state index contributed by atoms with van der Waals surface area (Å²) < 4.78 is 11.0. The Morgan fingerprint density at radius 2 is 1.83 bits per heavy atom. The smallest absolute Gasteiger partial charge is 0.265 e. The van der Waals surface area contributed by atoms with Crippen molar-refractivity contribution in [2.45, 2.75) is 6.54 Å². The Kier molecular flexibility index (Phi) is 5.86. The van der Waals surface area contributed by atoms with E-state index in [1.165, 1.54) is 0 Å². The SMILES string of the molecule is O=C(COc1ccc(Cl)cc1)Nc1ccc2c(c1)OCC(=O)N2Cc1ccccc1. The molecule has 3 aromatic carbocycles. The van der Waals surface area contributed by atoms with Crippen molar-refractivity contribution in [2.75, 3.05) is 23.4 Å². The van der Waals surface area contributed by atoms with Crippen molar-refractivity contribution in [1.29, 1.82) is 0 Å². The zero-order valence-corrected chi connectivity index (χ0v) is 16.8. The molecule has 1 aliphatic rings. The second-order valence-corrected chi connectivity index (χ2v) is 7.16. The number of halogens is 1. The average molecular weight is 423 g/mol. The lowest BCUT2D eigenvalue weighted by atomic mass is 10.1. The van der Waals surface area contributed by atoms with Crippen LogP contribution >= 0.6 is 11.6 Å². The summed E-state index contributed by atoms with van der Waals surface area (Å²) in [5.74, 6) is 0.678. The molecule has 0 spiro atoms. The number of ether oxygens (including phenoxy) is 2. The van der Waals surface area contributed by atoms with Gasteiger partial charge in [0.25, 0.3) is 11.8 Å². The summed E-state index contributed by atoms with van der Waals surface area (Å²) >= 11 is 5.83. The van der Waals surface area contributed by atoms with Gasteiger partial charge in [0, 0.05) is 16.8 Å². The minimum absolute atomic E-state index is 0.0447. The van der Waals surface area contributed by atoms with E-state index >= 15 is 0 Å². The van der Waals surface area contributed by atoms with Crippen molar-refractivity contribution in [3.05, 3.63) is 83.4 Å². The highest BCUT2D eigenvalue weighted by Crippen LogP contribution is 2.35. The van der Waals surface area contributed by atoms with Gasteiger partial charge in [-0.05, 0) is 42.0 Å². The van der Waals surface area contributed by atoms with Crippen LogP contribution in [0.2, 0.25) is 5.02 Å². The van der Waals surface area contributed by atoms with Crippen LogP contribution < -0.4 is 19.7 Å². The highest BCUT2D eigenvalue weighted by Gasteiger charge is 2.26. The van der Waals surface area contributed by atoms with E-state index < -0.39 is 0 Å². The Morgan fingerprint density at radius 1 is 1.07 bits per heavy atom. The number of rotatable bonds is 6. The van der Waals surface area contributed by atoms with E-state index in [1.807, 2.05) is 30.3 Å². The first-order valence-corrected chi connectivity index (χ1v) is 9.75. The third-order valence-corrected chi connectivity index (χ3v) is 4.81. The molecular weight excluding hydrogens is 404 g/mol. The van der Waals surface area contributed by atoms with Crippen LogP contribution in [0.5, 0.6) is 11.5 Å². The molecule has 0 saturated carbocycles. The molecular formula is C23H19ClN2O4. The maximum Gasteiger partial charge on any atom is 0.265 e. The Labute approximate surface area is 179 Å². The maximum absolute atomic E-state index is 12.4. The Bertz CT molecular complexity index is 1050. The first-order chi connectivity index (χ1) is 14.6. The molecule has 7 heteroatoms. The zero-order valence-electron chi connectivity index (χ0n) is 16.0. The number of carbonyl (C=O) groups is 2. The van der Waals surface area contributed by atoms with Gasteiger partial charge in [-0.2, -0.15) is 0 Å². The van der Waals surface area contributed by atoms with Gasteiger partial charge in [-0.15, -0.1) is 0 Å². The Hall–Kier alpha value is -3.51. The Morgan fingerprint density at radius 3 is 2.60 bits per heavy atom. The molecule has 0 unspecified atom stereocenters. The number of carbonyl (C=O) groups excluding carboxylic acids is 2. The van der Waals surface area contributed by atoms with Crippen molar-refractivity contribution in [1.82, 2.24) is 0 Å². The summed E-state index contributed by atoms with van der Waals surface area (Å²) in [5, 5.41) is 3.37. The van der Waals surface area contributed by atoms with Gasteiger partial charge in [0.1, 0.15) is 11.5 Å². The molecule has 152 valence electrons. The molecule has 6 nitrogen and oxygen atoms in total. The Balaban J connectivity index is 1.42. The summed E-state index contributed by atoms with van der Waals surface area (Å²) in [6.45, 7) is 0.270.